The molecule has 0 amide bonds. The van der Waals surface area contributed by atoms with Gasteiger partial charge in [0.25, 0.3) is 0 Å². The van der Waals surface area contributed by atoms with Gasteiger partial charge < -0.3 is 4.98 Å². The van der Waals surface area contributed by atoms with E-state index in [-0.39, 0.29) is 0 Å². The van der Waals surface area contributed by atoms with E-state index in [1.54, 1.807) is 23.3 Å². The number of halogens is 1. The number of hydrogen-bond acceptors (Lipinski definition) is 4. The van der Waals surface area contributed by atoms with Crippen LogP contribution in [0, 0.1) is 0 Å². The van der Waals surface area contributed by atoms with Crippen molar-refractivity contribution in [2.24, 2.45) is 7.05 Å². The zero-order chi connectivity index (χ0) is 15.1. The van der Waals surface area contributed by atoms with Crippen LogP contribution in [0.5, 0.6) is 0 Å². The van der Waals surface area contributed by atoms with Crippen molar-refractivity contribution in [3.05, 3.63) is 47.5 Å². The average Bonchev–Trinajstić information content (AvgIpc) is 3.16. The zero-order valence-corrected chi connectivity index (χ0v) is 12.5. The van der Waals surface area contributed by atoms with Crippen LogP contribution >= 0.6 is 11.6 Å². The topological polar surface area (TPSA) is 77.2 Å². The number of nitrogens with one attached hydrogen (secondary N) is 1. The maximum atomic E-state index is 6.17. The number of imidazole rings is 1. The van der Waals surface area contributed by atoms with E-state index in [2.05, 4.69) is 25.1 Å². The highest BCUT2D eigenvalue weighted by atomic mass is 35.5. The van der Waals surface area contributed by atoms with E-state index in [9.17, 15) is 0 Å². The van der Waals surface area contributed by atoms with E-state index in [1.807, 2.05) is 30.1 Å². The maximum absolute atomic E-state index is 6.17. The highest BCUT2D eigenvalue weighted by Gasteiger charge is 2.15. The van der Waals surface area contributed by atoms with Crippen molar-refractivity contribution in [3.63, 3.8) is 0 Å². The molecule has 0 aromatic carbocycles. The Hall–Kier alpha value is -2.67. The minimum atomic E-state index is 0.561. The number of fused-ring (bicyclic) bond motifs is 1. The van der Waals surface area contributed by atoms with E-state index < -0.39 is 0 Å². The van der Waals surface area contributed by atoms with Gasteiger partial charge in [-0.05, 0) is 11.6 Å². The first kappa shape index (κ1) is 13.0. The first-order chi connectivity index (χ1) is 10.7. The number of aryl methyl sites for hydroxylation is 1. The van der Waals surface area contributed by atoms with Crippen LogP contribution in [0.25, 0.3) is 22.7 Å². The molecule has 0 saturated heterocycles. The lowest BCUT2D eigenvalue weighted by Gasteiger charge is -2.00. The highest BCUT2D eigenvalue weighted by Crippen LogP contribution is 2.25. The summed E-state index contributed by atoms with van der Waals surface area (Å²) in [6.45, 7) is 0.609. The molecule has 0 radical (unpaired) electrons. The molecule has 7 nitrogen and oxygen atoms in total. The quantitative estimate of drug-likeness (QED) is 0.629. The molecule has 0 bridgehead atoms. The molecule has 8 heteroatoms. The van der Waals surface area contributed by atoms with Crippen LogP contribution in [0.2, 0.25) is 5.02 Å². The summed E-state index contributed by atoms with van der Waals surface area (Å²) in [5, 5.41) is 9.23. The number of pyridine rings is 1. The molecular formula is C14H12ClN7. The Balaban J connectivity index is 1.75. The van der Waals surface area contributed by atoms with Crippen molar-refractivity contribution in [2.75, 3.05) is 0 Å². The molecule has 4 aromatic heterocycles. The first-order valence-corrected chi connectivity index (χ1v) is 7.08. The van der Waals surface area contributed by atoms with E-state index >= 15 is 0 Å². The van der Waals surface area contributed by atoms with Crippen molar-refractivity contribution < 1.29 is 0 Å². The molecule has 0 unspecified atom stereocenters. The third kappa shape index (κ3) is 2.15. The summed E-state index contributed by atoms with van der Waals surface area (Å²) < 4.78 is 3.48. The molecule has 0 saturated carbocycles. The van der Waals surface area contributed by atoms with Gasteiger partial charge in [-0.25, -0.2) is 9.67 Å². The smallest absolute Gasteiger partial charge is 0.177 e. The summed E-state index contributed by atoms with van der Waals surface area (Å²) in [5.41, 5.74) is 3.31. The Morgan fingerprint density at radius 2 is 2.23 bits per heavy atom. The Kier molecular flexibility index (Phi) is 2.93. The number of rotatable bonds is 3. The number of aromatic amines is 1. The van der Waals surface area contributed by atoms with E-state index in [0.717, 1.165) is 16.7 Å². The number of aromatic nitrogens is 7. The van der Waals surface area contributed by atoms with Gasteiger partial charge in [-0.15, -0.1) is 0 Å². The van der Waals surface area contributed by atoms with Crippen LogP contribution in [0.1, 0.15) is 5.56 Å². The molecule has 4 aromatic rings. The third-order valence-corrected chi connectivity index (χ3v) is 3.62. The predicted molar refractivity (Wildman–Crippen MR) is 82.4 cm³/mol. The molecule has 0 fully saturated rings. The maximum Gasteiger partial charge on any atom is 0.177 e. The summed E-state index contributed by atoms with van der Waals surface area (Å²) >= 11 is 6.17. The van der Waals surface area contributed by atoms with Gasteiger partial charge in [-0.2, -0.15) is 10.2 Å². The fourth-order valence-corrected chi connectivity index (χ4v) is 2.63. The minimum absolute atomic E-state index is 0.561. The number of H-pyrrole nitrogens is 1. The van der Waals surface area contributed by atoms with E-state index in [1.165, 1.54) is 0 Å². The summed E-state index contributed by atoms with van der Waals surface area (Å²) in [7, 11) is 1.82. The second kappa shape index (κ2) is 4.96. The summed E-state index contributed by atoms with van der Waals surface area (Å²) in [5.74, 6) is 0.637. The molecule has 0 aliphatic rings. The van der Waals surface area contributed by atoms with Gasteiger partial charge in [0.15, 0.2) is 11.5 Å². The molecular weight excluding hydrogens is 302 g/mol. The third-order valence-electron chi connectivity index (χ3n) is 3.35. The highest BCUT2D eigenvalue weighted by molar-refractivity contribution is 6.32. The van der Waals surface area contributed by atoms with Crippen LogP contribution in [0.4, 0.5) is 0 Å². The van der Waals surface area contributed by atoms with Gasteiger partial charge in [0.1, 0.15) is 11.2 Å². The number of hydrogen-bond donors (Lipinski definition) is 1. The minimum Gasteiger partial charge on any atom is -0.334 e. The van der Waals surface area contributed by atoms with Crippen LogP contribution in [-0.4, -0.2) is 34.5 Å². The van der Waals surface area contributed by atoms with Crippen molar-refractivity contribution >= 4 is 22.8 Å². The standard InChI is InChI=1S/C14H12ClN7/c1-21-8-10(15)12(20-21)13-18-11-6-17-22(14(11)19-13)7-9-3-2-4-16-5-9/h2-6,8H,7H2,1H3,(H,18,19). The summed E-state index contributed by atoms with van der Waals surface area (Å²) in [6.07, 6.45) is 7.06. The fraction of sp³-hybridized carbons (Fsp3) is 0.143. The van der Waals surface area contributed by atoms with Crippen LogP contribution in [0.15, 0.2) is 36.9 Å². The molecule has 1 N–H and O–H groups in total. The van der Waals surface area contributed by atoms with Crippen LogP contribution in [-0.2, 0) is 13.6 Å². The van der Waals surface area contributed by atoms with Crippen LogP contribution < -0.4 is 0 Å². The van der Waals surface area contributed by atoms with Gasteiger partial charge in [0.05, 0.1) is 17.8 Å². The van der Waals surface area contributed by atoms with Crippen molar-refractivity contribution in [1.29, 1.82) is 0 Å². The molecule has 4 rings (SSSR count). The Labute approximate surface area is 130 Å². The van der Waals surface area contributed by atoms with Gasteiger partial charge >= 0.3 is 0 Å². The van der Waals surface area contributed by atoms with E-state index in [0.29, 0.717) is 23.1 Å². The van der Waals surface area contributed by atoms with Crippen LogP contribution in [0.3, 0.4) is 0 Å². The lowest BCUT2D eigenvalue weighted by Crippen LogP contribution is -2.02. The van der Waals surface area contributed by atoms with Crippen molar-refractivity contribution in [3.8, 4) is 11.5 Å². The van der Waals surface area contributed by atoms with E-state index in [4.69, 9.17) is 11.6 Å². The molecule has 110 valence electrons. The Morgan fingerprint density at radius 3 is 2.95 bits per heavy atom. The molecule has 0 aliphatic heterocycles. The van der Waals surface area contributed by atoms with Gasteiger partial charge in [-0.3, -0.25) is 9.67 Å². The van der Waals surface area contributed by atoms with Crippen molar-refractivity contribution in [1.82, 2.24) is 34.5 Å². The molecule has 22 heavy (non-hydrogen) atoms. The second-order valence-electron chi connectivity index (χ2n) is 4.99. The Morgan fingerprint density at radius 1 is 1.32 bits per heavy atom. The molecule has 0 spiro atoms. The Bertz CT molecular complexity index is 935. The molecule has 0 atom stereocenters. The second-order valence-corrected chi connectivity index (χ2v) is 5.39. The lowest BCUT2D eigenvalue weighted by molar-refractivity contribution is 0.702. The largest absolute Gasteiger partial charge is 0.334 e. The SMILES string of the molecule is Cn1cc(Cl)c(-c2nc3c(cnn3Cc3cccnc3)[nH]2)n1. The molecule has 0 aliphatic carbocycles. The fourth-order valence-electron chi connectivity index (χ4n) is 2.36. The number of nitrogens with zero attached hydrogens (tertiary/aromatic N) is 6. The van der Waals surface area contributed by atoms with Gasteiger partial charge in [0, 0.05) is 25.6 Å². The lowest BCUT2D eigenvalue weighted by atomic mass is 10.3. The monoisotopic (exact) mass is 313 g/mol. The normalized spacial score (nSPS) is 11.4. The summed E-state index contributed by atoms with van der Waals surface area (Å²) in [6, 6.07) is 3.91. The zero-order valence-electron chi connectivity index (χ0n) is 11.7. The predicted octanol–water partition coefficient (Wildman–Crippen LogP) is 2.26. The average molecular weight is 314 g/mol. The molecule has 4 heterocycles. The van der Waals surface area contributed by atoms with Crippen molar-refractivity contribution in [2.45, 2.75) is 6.54 Å². The van der Waals surface area contributed by atoms with Gasteiger partial charge in [0.2, 0.25) is 0 Å². The first-order valence-electron chi connectivity index (χ1n) is 6.70. The van der Waals surface area contributed by atoms with Gasteiger partial charge in [-0.1, -0.05) is 17.7 Å². The summed E-state index contributed by atoms with van der Waals surface area (Å²) in [4.78, 5) is 11.9.